The molecule has 0 bridgehead atoms. The standard InChI is InChI=1S/C15H21N7O5S/c16-22-13-14(18-6-11-2-1-3-26-11)19-8-20-15(13)21-10-4-9(12(23)5-10)7-27-28(17,24)25/h1-3,8-10,12,16,23H,4-7H2,(H2,17,24,25)(H2,18,19,20,21). The van der Waals surface area contributed by atoms with E-state index in [0.717, 1.165) is 0 Å². The molecule has 2 aromatic heterocycles. The quantitative estimate of drug-likeness (QED) is 0.376. The van der Waals surface area contributed by atoms with E-state index in [-0.39, 0.29) is 18.3 Å². The summed E-state index contributed by atoms with van der Waals surface area (Å²) in [4.78, 5) is 8.23. The van der Waals surface area contributed by atoms with Crippen LogP contribution in [0.3, 0.4) is 0 Å². The highest BCUT2D eigenvalue weighted by Gasteiger charge is 2.34. The second kappa shape index (κ2) is 8.60. The number of nitrogens with one attached hydrogen (secondary N) is 3. The van der Waals surface area contributed by atoms with E-state index in [1.807, 2.05) is 0 Å². The largest absolute Gasteiger partial charge is 0.467 e. The van der Waals surface area contributed by atoms with Crippen LogP contribution in [0, 0.1) is 11.4 Å². The van der Waals surface area contributed by atoms with Gasteiger partial charge in [-0.2, -0.15) is 13.5 Å². The molecule has 1 saturated carbocycles. The Kier molecular flexibility index (Phi) is 6.18. The van der Waals surface area contributed by atoms with Crippen molar-refractivity contribution in [1.29, 1.82) is 5.53 Å². The van der Waals surface area contributed by atoms with Gasteiger partial charge in [0.1, 0.15) is 12.1 Å². The zero-order chi connectivity index (χ0) is 20.1. The van der Waals surface area contributed by atoms with Crippen LogP contribution in [-0.4, -0.2) is 42.2 Å². The third-order valence-electron chi connectivity index (χ3n) is 4.39. The lowest BCUT2D eigenvalue weighted by Gasteiger charge is -2.16. The zero-order valence-electron chi connectivity index (χ0n) is 14.8. The van der Waals surface area contributed by atoms with Crippen LogP contribution in [-0.2, 0) is 21.0 Å². The van der Waals surface area contributed by atoms with E-state index >= 15 is 0 Å². The first-order valence-corrected chi connectivity index (χ1v) is 9.93. The summed E-state index contributed by atoms with van der Waals surface area (Å²) in [7, 11) is -4.06. The molecule has 12 nitrogen and oxygen atoms in total. The Hall–Kier alpha value is -2.61. The van der Waals surface area contributed by atoms with Gasteiger partial charge in [-0.1, -0.05) is 0 Å². The van der Waals surface area contributed by atoms with Crippen molar-refractivity contribution in [1.82, 2.24) is 9.97 Å². The van der Waals surface area contributed by atoms with E-state index in [4.69, 9.17) is 15.1 Å². The summed E-state index contributed by atoms with van der Waals surface area (Å²) in [6.07, 6.45) is 2.92. The zero-order valence-corrected chi connectivity index (χ0v) is 15.6. The predicted octanol–water partition coefficient (Wildman–Crippen LogP) is 1.12. The van der Waals surface area contributed by atoms with Crippen molar-refractivity contribution >= 4 is 27.6 Å². The van der Waals surface area contributed by atoms with E-state index in [9.17, 15) is 13.5 Å². The molecule has 0 aromatic carbocycles. The molecule has 2 aromatic rings. The molecule has 0 radical (unpaired) electrons. The molecule has 6 N–H and O–H groups in total. The van der Waals surface area contributed by atoms with E-state index < -0.39 is 22.3 Å². The molecule has 0 amide bonds. The minimum Gasteiger partial charge on any atom is -0.467 e. The Morgan fingerprint density at radius 1 is 1.39 bits per heavy atom. The van der Waals surface area contributed by atoms with Gasteiger partial charge in [-0.05, 0) is 25.0 Å². The maximum absolute atomic E-state index is 10.9. The number of rotatable bonds is 9. The first kappa shape index (κ1) is 20.1. The Morgan fingerprint density at radius 3 is 2.86 bits per heavy atom. The van der Waals surface area contributed by atoms with Crippen molar-refractivity contribution in [2.45, 2.75) is 31.5 Å². The summed E-state index contributed by atoms with van der Waals surface area (Å²) in [5.41, 5.74) is 7.67. The number of anilines is 2. The molecule has 1 aliphatic rings. The number of nitrogens with zero attached hydrogens (tertiary/aromatic N) is 3. The SMILES string of the molecule is N=Nc1c(NCc2ccco2)ncnc1NC1CC(O)C(COS(N)(=O)=O)C1. The smallest absolute Gasteiger partial charge is 0.333 e. The van der Waals surface area contributed by atoms with Gasteiger partial charge in [0.25, 0.3) is 0 Å². The number of nitrogens with two attached hydrogens (primary N) is 1. The van der Waals surface area contributed by atoms with Crippen LogP contribution in [0.2, 0.25) is 0 Å². The van der Waals surface area contributed by atoms with E-state index in [1.54, 1.807) is 18.4 Å². The molecule has 0 spiro atoms. The van der Waals surface area contributed by atoms with Crippen molar-refractivity contribution in [3.05, 3.63) is 30.5 Å². The van der Waals surface area contributed by atoms with Gasteiger partial charge in [0.2, 0.25) is 0 Å². The van der Waals surface area contributed by atoms with Gasteiger partial charge in [-0.25, -0.2) is 20.6 Å². The van der Waals surface area contributed by atoms with Crippen molar-refractivity contribution in [2.24, 2.45) is 16.2 Å². The van der Waals surface area contributed by atoms with Crippen molar-refractivity contribution in [3.8, 4) is 0 Å². The van der Waals surface area contributed by atoms with Crippen molar-refractivity contribution < 1.29 is 22.1 Å². The van der Waals surface area contributed by atoms with Crippen LogP contribution < -0.4 is 15.8 Å². The summed E-state index contributed by atoms with van der Waals surface area (Å²) < 4.78 is 31.7. The molecular formula is C15H21N7O5S. The fourth-order valence-corrected chi connectivity index (χ4v) is 3.44. The summed E-state index contributed by atoms with van der Waals surface area (Å²) in [5, 5.41) is 24.6. The van der Waals surface area contributed by atoms with Crippen LogP contribution in [0.4, 0.5) is 17.3 Å². The molecule has 13 heteroatoms. The van der Waals surface area contributed by atoms with Gasteiger partial charge < -0.3 is 20.2 Å². The average Bonchev–Trinajstić information content (AvgIpc) is 3.27. The second-order valence-electron chi connectivity index (χ2n) is 6.38. The number of hydrogen-bond acceptors (Lipinski definition) is 11. The van der Waals surface area contributed by atoms with Crippen molar-refractivity contribution in [3.63, 3.8) is 0 Å². The lowest BCUT2D eigenvalue weighted by atomic mass is 10.1. The molecule has 3 rings (SSSR count). The molecule has 152 valence electrons. The first-order valence-electron chi connectivity index (χ1n) is 8.46. The number of aromatic nitrogens is 2. The Labute approximate surface area is 161 Å². The topological polar surface area (TPSA) is 189 Å². The van der Waals surface area contributed by atoms with Gasteiger partial charge >= 0.3 is 10.3 Å². The Morgan fingerprint density at radius 2 is 2.18 bits per heavy atom. The first-order chi connectivity index (χ1) is 13.4. The Bertz CT molecular complexity index is 906. The van der Waals surface area contributed by atoms with Gasteiger partial charge in [-0.15, -0.1) is 0 Å². The normalized spacial score (nSPS) is 22.1. The molecule has 28 heavy (non-hydrogen) atoms. The predicted molar refractivity (Wildman–Crippen MR) is 98.1 cm³/mol. The summed E-state index contributed by atoms with van der Waals surface area (Å²) >= 11 is 0. The molecule has 1 aliphatic carbocycles. The fraction of sp³-hybridized carbons (Fsp3) is 0.467. The molecular weight excluding hydrogens is 390 g/mol. The lowest BCUT2D eigenvalue weighted by Crippen LogP contribution is -2.24. The summed E-state index contributed by atoms with van der Waals surface area (Å²) in [6, 6.07) is 3.35. The highest BCUT2D eigenvalue weighted by molar-refractivity contribution is 7.84. The molecule has 2 heterocycles. The van der Waals surface area contributed by atoms with Crippen LogP contribution in [0.1, 0.15) is 18.6 Å². The van der Waals surface area contributed by atoms with Gasteiger partial charge in [-0.3, -0.25) is 4.18 Å². The highest BCUT2D eigenvalue weighted by Crippen LogP contribution is 2.34. The van der Waals surface area contributed by atoms with Gasteiger partial charge in [0.05, 0.1) is 25.5 Å². The minimum atomic E-state index is -4.06. The van der Waals surface area contributed by atoms with Crippen LogP contribution >= 0.6 is 0 Å². The number of hydrogen-bond donors (Lipinski definition) is 5. The number of furan rings is 1. The summed E-state index contributed by atoms with van der Waals surface area (Å²) in [6.45, 7) is 0.161. The molecule has 3 atom stereocenters. The minimum absolute atomic E-state index is 0.201. The van der Waals surface area contributed by atoms with Crippen molar-refractivity contribution in [2.75, 3.05) is 17.2 Å². The molecule has 0 aliphatic heterocycles. The molecule has 1 fully saturated rings. The monoisotopic (exact) mass is 411 g/mol. The Balaban J connectivity index is 1.65. The third kappa shape index (κ3) is 5.22. The number of aliphatic hydroxyl groups is 1. The maximum atomic E-state index is 10.9. The van der Waals surface area contributed by atoms with Gasteiger partial charge in [0, 0.05) is 12.0 Å². The fourth-order valence-electron chi connectivity index (χ4n) is 3.08. The van der Waals surface area contributed by atoms with E-state index in [0.29, 0.717) is 36.8 Å². The second-order valence-corrected chi connectivity index (χ2v) is 7.60. The van der Waals surface area contributed by atoms with Gasteiger partial charge in [0.15, 0.2) is 17.3 Å². The average molecular weight is 411 g/mol. The lowest BCUT2D eigenvalue weighted by molar-refractivity contribution is 0.101. The van der Waals surface area contributed by atoms with Crippen LogP contribution in [0.15, 0.2) is 34.3 Å². The molecule has 3 unspecified atom stereocenters. The van der Waals surface area contributed by atoms with Crippen LogP contribution in [0.5, 0.6) is 0 Å². The third-order valence-corrected chi connectivity index (χ3v) is 4.85. The maximum Gasteiger partial charge on any atom is 0.333 e. The van der Waals surface area contributed by atoms with E-state index in [2.05, 4.69) is 29.9 Å². The molecule has 0 saturated heterocycles. The van der Waals surface area contributed by atoms with E-state index in [1.165, 1.54) is 6.33 Å². The highest BCUT2D eigenvalue weighted by atomic mass is 32.2. The number of aliphatic hydroxyl groups excluding tert-OH is 1. The van der Waals surface area contributed by atoms with Crippen LogP contribution in [0.25, 0.3) is 0 Å². The summed E-state index contributed by atoms with van der Waals surface area (Å²) in [5.74, 6) is 0.986.